The average Bonchev–Trinajstić information content (AvgIpc) is 2.93. The lowest BCUT2D eigenvalue weighted by Gasteiger charge is -2.32. The van der Waals surface area contributed by atoms with E-state index in [0.717, 1.165) is 28.9 Å². The molecule has 0 bridgehead atoms. The van der Waals surface area contributed by atoms with Crippen LogP contribution in [0.1, 0.15) is 47.5 Å². The van der Waals surface area contributed by atoms with Crippen LogP contribution in [-0.4, -0.2) is 36.4 Å². The molecule has 2 fully saturated rings. The van der Waals surface area contributed by atoms with Gasteiger partial charge in [0.2, 0.25) is 0 Å². The largest absolute Gasteiger partial charge is 0.507 e. The van der Waals surface area contributed by atoms with Crippen molar-refractivity contribution in [1.82, 2.24) is 4.98 Å². The molecule has 3 rings (SSSR count). The average molecular weight is 308 g/mol. The van der Waals surface area contributed by atoms with Gasteiger partial charge in [0.25, 0.3) is 0 Å². The van der Waals surface area contributed by atoms with Crippen molar-refractivity contribution in [2.75, 3.05) is 18.0 Å². The zero-order valence-corrected chi connectivity index (χ0v) is 14.5. The molecule has 2 saturated heterocycles. The van der Waals surface area contributed by atoms with Gasteiger partial charge in [-0.25, -0.2) is 4.98 Å². The van der Waals surface area contributed by atoms with Crippen LogP contribution in [0.4, 0.5) is 5.13 Å². The van der Waals surface area contributed by atoms with Crippen molar-refractivity contribution in [3.63, 3.8) is 0 Å². The molecule has 0 aromatic carbocycles. The van der Waals surface area contributed by atoms with Crippen molar-refractivity contribution < 1.29 is 9.31 Å². The number of anilines is 1. The van der Waals surface area contributed by atoms with Crippen molar-refractivity contribution in [2.24, 2.45) is 5.92 Å². The van der Waals surface area contributed by atoms with Crippen LogP contribution in [0.5, 0.6) is 0 Å². The number of nitrogens with zero attached hydrogens (tertiary/aromatic N) is 2. The molecule has 0 aliphatic carbocycles. The predicted molar refractivity (Wildman–Crippen MR) is 88.4 cm³/mol. The number of hydrogen-bond donors (Lipinski definition) is 0. The summed E-state index contributed by atoms with van der Waals surface area (Å²) in [5.74, 6) is 0.753. The van der Waals surface area contributed by atoms with Gasteiger partial charge in [-0.05, 0) is 46.5 Å². The molecule has 0 radical (unpaired) electrons. The van der Waals surface area contributed by atoms with Gasteiger partial charge in [0.15, 0.2) is 5.13 Å². The van der Waals surface area contributed by atoms with Crippen LogP contribution in [0.3, 0.4) is 0 Å². The molecule has 1 atom stereocenters. The Morgan fingerprint density at radius 1 is 1.29 bits per heavy atom. The highest BCUT2D eigenvalue weighted by atomic mass is 32.1. The van der Waals surface area contributed by atoms with Gasteiger partial charge in [0, 0.05) is 19.3 Å². The molecule has 2 aliphatic rings. The third-order valence-electron chi connectivity index (χ3n) is 4.92. The van der Waals surface area contributed by atoms with Crippen LogP contribution >= 0.6 is 11.3 Å². The van der Waals surface area contributed by atoms with E-state index in [9.17, 15) is 0 Å². The highest BCUT2D eigenvalue weighted by molar-refractivity contribution is 7.25. The lowest BCUT2D eigenvalue weighted by atomic mass is 9.89. The van der Waals surface area contributed by atoms with Crippen molar-refractivity contribution >= 4 is 28.4 Å². The van der Waals surface area contributed by atoms with Crippen LogP contribution in [0.25, 0.3) is 0 Å². The van der Waals surface area contributed by atoms with E-state index in [-0.39, 0.29) is 18.3 Å². The highest BCUT2D eigenvalue weighted by Gasteiger charge is 2.52. The van der Waals surface area contributed by atoms with Crippen molar-refractivity contribution in [1.29, 1.82) is 0 Å². The van der Waals surface area contributed by atoms with E-state index in [1.807, 2.05) is 6.20 Å². The van der Waals surface area contributed by atoms with Crippen LogP contribution in [0.2, 0.25) is 0 Å². The van der Waals surface area contributed by atoms with Gasteiger partial charge in [-0.2, -0.15) is 0 Å². The smallest absolute Gasteiger partial charge is 0.399 e. The Labute approximate surface area is 132 Å². The zero-order chi connectivity index (χ0) is 15.3. The molecule has 0 amide bonds. The Balaban J connectivity index is 1.74. The van der Waals surface area contributed by atoms with E-state index in [2.05, 4.69) is 44.5 Å². The maximum atomic E-state index is 6.10. The van der Waals surface area contributed by atoms with Gasteiger partial charge >= 0.3 is 7.12 Å². The highest BCUT2D eigenvalue weighted by Crippen LogP contribution is 2.37. The standard InChI is InChI=1S/C15H25BN2O2S/c1-11-7-6-8-18(10-11)13-17-9-12(21-13)16-19-14(2,3)15(4,5)20-16/h9,11H,6-8,10H2,1-5H3. The van der Waals surface area contributed by atoms with Gasteiger partial charge in [-0.3, -0.25) is 0 Å². The number of rotatable bonds is 2. The molecule has 1 unspecified atom stereocenters. The predicted octanol–water partition coefficient (Wildman–Crippen LogP) is 2.68. The van der Waals surface area contributed by atoms with Crippen LogP contribution in [0.15, 0.2) is 6.20 Å². The third-order valence-corrected chi connectivity index (χ3v) is 6.00. The number of thiazole rings is 1. The fourth-order valence-electron chi connectivity index (χ4n) is 2.85. The molecule has 1 aromatic rings. The number of aromatic nitrogens is 1. The molecule has 2 aliphatic heterocycles. The minimum Gasteiger partial charge on any atom is -0.399 e. The van der Waals surface area contributed by atoms with Gasteiger partial charge < -0.3 is 14.2 Å². The first-order chi connectivity index (χ1) is 9.78. The topological polar surface area (TPSA) is 34.6 Å². The lowest BCUT2D eigenvalue weighted by molar-refractivity contribution is 0.00578. The summed E-state index contributed by atoms with van der Waals surface area (Å²) >= 11 is 1.70. The van der Waals surface area contributed by atoms with Crippen molar-refractivity contribution in [3.8, 4) is 0 Å². The molecule has 3 heterocycles. The molecular formula is C15H25BN2O2S. The maximum absolute atomic E-state index is 6.10. The fraction of sp³-hybridized carbons (Fsp3) is 0.800. The summed E-state index contributed by atoms with van der Waals surface area (Å²) in [4.78, 5) is 7.00. The monoisotopic (exact) mass is 308 g/mol. The molecule has 0 N–H and O–H groups in total. The number of hydrogen-bond acceptors (Lipinski definition) is 5. The SMILES string of the molecule is CC1CCCN(c2ncc(B3OC(C)(C)C(C)(C)O3)s2)C1. The van der Waals surface area contributed by atoms with Gasteiger partial charge in [0.1, 0.15) is 0 Å². The minimum absolute atomic E-state index is 0.288. The molecule has 1 aromatic heterocycles. The molecule has 4 nitrogen and oxygen atoms in total. The normalized spacial score (nSPS) is 28.1. The molecule has 21 heavy (non-hydrogen) atoms. The van der Waals surface area contributed by atoms with E-state index in [4.69, 9.17) is 9.31 Å². The van der Waals surface area contributed by atoms with Gasteiger partial charge in [0.05, 0.1) is 16.0 Å². The van der Waals surface area contributed by atoms with E-state index in [1.165, 1.54) is 12.8 Å². The van der Waals surface area contributed by atoms with E-state index >= 15 is 0 Å². The zero-order valence-electron chi connectivity index (χ0n) is 13.7. The minimum atomic E-state index is -0.290. The summed E-state index contributed by atoms with van der Waals surface area (Å²) in [5.41, 5.74) is -0.580. The Morgan fingerprint density at radius 2 is 1.95 bits per heavy atom. The summed E-state index contributed by atoms with van der Waals surface area (Å²) in [5, 5.41) is 1.10. The Bertz CT molecular complexity index is 502. The van der Waals surface area contributed by atoms with E-state index < -0.39 is 0 Å². The molecule has 0 spiro atoms. The van der Waals surface area contributed by atoms with Crippen LogP contribution in [0, 0.1) is 5.92 Å². The molecule has 0 saturated carbocycles. The Morgan fingerprint density at radius 3 is 2.57 bits per heavy atom. The summed E-state index contributed by atoms with van der Waals surface area (Å²) in [6.07, 6.45) is 4.50. The van der Waals surface area contributed by atoms with Gasteiger partial charge in [-0.1, -0.05) is 6.92 Å². The van der Waals surface area contributed by atoms with Crippen LogP contribution in [-0.2, 0) is 9.31 Å². The summed E-state index contributed by atoms with van der Waals surface area (Å²) in [6, 6.07) is 0. The second kappa shape index (κ2) is 5.25. The van der Waals surface area contributed by atoms with Crippen molar-refractivity contribution in [2.45, 2.75) is 58.7 Å². The van der Waals surface area contributed by atoms with E-state index in [1.54, 1.807) is 11.3 Å². The Kier molecular flexibility index (Phi) is 3.83. The first kappa shape index (κ1) is 15.3. The fourth-order valence-corrected chi connectivity index (χ4v) is 3.76. The van der Waals surface area contributed by atoms with E-state index in [0.29, 0.717) is 0 Å². The Hall–Kier alpha value is -0.585. The summed E-state index contributed by atoms with van der Waals surface area (Å²) < 4.78 is 13.3. The van der Waals surface area contributed by atoms with Crippen LogP contribution < -0.4 is 9.68 Å². The first-order valence-corrected chi connectivity index (χ1v) is 8.66. The first-order valence-electron chi connectivity index (χ1n) is 7.85. The maximum Gasteiger partial charge on any atom is 0.507 e. The number of piperidine rings is 1. The molecular weight excluding hydrogens is 283 g/mol. The summed E-state index contributed by atoms with van der Waals surface area (Å²) in [6.45, 7) is 12.9. The second-order valence-electron chi connectivity index (χ2n) is 7.33. The molecule has 116 valence electrons. The molecule has 6 heteroatoms. The lowest BCUT2D eigenvalue weighted by Crippen LogP contribution is -2.41. The second-order valence-corrected chi connectivity index (χ2v) is 8.37. The summed E-state index contributed by atoms with van der Waals surface area (Å²) in [7, 11) is -0.288. The van der Waals surface area contributed by atoms with Crippen molar-refractivity contribution in [3.05, 3.63) is 6.20 Å². The van der Waals surface area contributed by atoms with Gasteiger partial charge in [-0.15, -0.1) is 11.3 Å². The quantitative estimate of drug-likeness (QED) is 0.787. The third kappa shape index (κ3) is 2.85.